The van der Waals surface area contributed by atoms with Gasteiger partial charge in [-0.1, -0.05) is 0 Å². The largest absolute Gasteiger partial charge is 0.407 e. The van der Waals surface area contributed by atoms with Crippen LogP contribution in [0.3, 0.4) is 0 Å². The van der Waals surface area contributed by atoms with Gasteiger partial charge in [-0.2, -0.15) is 9.78 Å². The second-order valence-corrected chi connectivity index (χ2v) is 3.04. The van der Waals surface area contributed by atoms with Crippen LogP contribution < -0.4 is 4.74 Å². The number of nitrogens with zero attached hydrogens (tertiary/aromatic N) is 2. The van der Waals surface area contributed by atoms with E-state index in [4.69, 9.17) is 4.74 Å². The van der Waals surface area contributed by atoms with Crippen molar-refractivity contribution >= 4 is 11.9 Å². The van der Waals surface area contributed by atoms with Gasteiger partial charge in [0.25, 0.3) is 0 Å². The van der Waals surface area contributed by atoms with Gasteiger partial charge >= 0.3 is 5.97 Å². The van der Waals surface area contributed by atoms with Gasteiger partial charge in [0.2, 0.25) is 11.8 Å². The highest BCUT2D eigenvalue weighted by atomic mass is 16.5. The summed E-state index contributed by atoms with van der Waals surface area (Å²) in [5.41, 5.74) is 1.38. The minimum atomic E-state index is -0.462. The molecular formula is C9H12N2O3. The number of aryl methyl sites for hydroxylation is 1. The number of esters is 1. The van der Waals surface area contributed by atoms with E-state index in [1.807, 2.05) is 0 Å². The SMILES string of the molecule is CC(=O)Oc1c(C)c(C)nn1C(C)=O. The molecule has 0 radical (unpaired) electrons. The lowest BCUT2D eigenvalue weighted by molar-refractivity contribution is -0.132. The average molecular weight is 196 g/mol. The lowest BCUT2D eigenvalue weighted by Crippen LogP contribution is -2.13. The summed E-state index contributed by atoms with van der Waals surface area (Å²) in [5.74, 6) is -0.532. The van der Waals surface area contributed by atoms with E-state index in [-0.39, 0.29) is 11.8 Å². The second kappa shape index (κ2) is 3.61. The smallest absolute Gasteiger partial charge is 0.309 e. The Morgan fingerprint density at radius 3 is 2.29 bits per heavy atom. The van der Waals surface area contributed by atoms with Gasteiger partial charge in [0, 0.05) is 19.4 Å². The van der Waals surface area contributed by atoms with Gasteiger partial charge in [-0.15, -0.1) is 0 Å². The van der Waals surface area contributed by atoms with Crippen molar-refractivity contribution in [1.29, 1.82) is 0 Å². The molecule has 5 heteroatoms. The maximum Gasteiger partial charge on any atom is 0.309 e. The van der Waals surface area contributed by atoms with Crippen LogP contribution >= 0.6 is 0 Å². The van der Waals surface area contributed by atoms with Crippen molar-refractivity contribution in [1.82, 2.24) is 9.78 Å². The quantitative estimate of drug-likeness (QED) is 0.630. The van der Waals surface area contributed by atoms with E-state index in [9.17, 15) is 9.59 Å². The number of carbonyl (C=O) groups is 2. The van der Waals surface area contributed by atoms with Crippen LogP contribution in [-0.4, -0.2) is 21.7 Å². The summed E-state index contributed by atoms with van der Waals surface area (Å²) in [7, 11) is 0. The molecular weight excluding hydrogens is 184 g/mol. The van der Waals surface area contributed by atoms with Crippen LogP contribution in [0.2, 0.25) is 0 Å². The van der Waals surface area contributed by atoms with Gasteiger partial charge in [0.15, 0.2) is 0 Å². The topological polar surface area (TPSA) is 61.2 Å². The maximum atomic E-state index is 11.1. The molecule has 0 N–H and O–H groups in total. The highest BCUT2D eigenvalue weighted by Crippen LogP contribution is 2.20. The van der Waals surface area contributed by atoms with Crippen LogP contribution in [0.1, 0.15) is 29.9 Å². The lowest BCUT2D eigenvalue weighted by atomic mass is 10.3. The van der Waals surface area contributed by atoms with Crippen molar-refractivity contribution in [2.24, 2.45) is 0 Å². The van der Waals surface area contributed by atoms with Crippen LogP contribution in [0.25, 0.3) is 0 Å². The zero-order valence-electron chi connectivity index (χ0n) is 8.62. The van der Waals surface area contributed by atoms with E-state index in [2.05, 4.69) is 5.10 Å². The molecule has 0 saturated carbocycles. The standard InChI is InChI=1S/C9H12N2O3/c1-5-6(2)10-11(7(3)12)9(5)14-8(4)13/h1-4H3. The summed E-state index contributed by atoms with van der Waals surface area (Å²) in [6.07, 6.45) is 0. The highest BCUT2D eigenvalue weighted by molar-refractivity contribution is 5.79. The number of ether oxygens (including phenoxy) is 1. The van der Waals surface area contributed by atoms with Crippen LogP contribution in [0, 0.1) is 13.8 Å². The number of hydrogen-bond donors (Lipinski definition) is 0. The minimum Gasteiger partial charge on any atom is -0.407 e. The molecule has 0 amide bonds. The zero-order chi connectivity index (χ0) is 10.9. The van der Waals surface area contributed by atoms with E-state index in [0.29, 0.717) is 11.3 Å². The van der Waals surface area contributed by atoms with Crippen molar-refractivity contribution in [3.8, 4) is 5.88 Å². The van der Waals surface area contributed by atoms with Gasteiger partial charge in [-0.25, -0.2) is 0 Å². The molecule has 1 aromatic rings. The van der Waals surface area contributed by atoms with E-state index >= 15 is 0 Å². The number of aromatic nitrogens is 2. The van der Waals surface area contributed by atoms with Gasteiger partial charge in [-0.05, 0) is 13.8 Å². The Bertz CT molecular complexity index is 393. The fraction of sp³-hybridized carbons (Fsp3) is 0.444. The monoisotopic (exact) mass is 196 g/mol. The summed E-state index contributed by atoms with van der Waals surface area (Å²) < 4.78 is 5.99. The van der Waals surface area contributed by atoms with E-state index in [0.717, 1.165) is 4.68 Å². The molecule has 0 aliphatic heterocycles. The number of hydrogen-bond acceptors (Lipinski definition) is 4. The second-order valence-electron chi connectivity index (χ2n) is 3.04. The number of rotatable bonds is 1. The third kappa shape index (κ3) is 1.81. The third-order valence-corrected chi connectivity index (χ3v) is 1.84. The molecule has 0 aliphatic carbocycles. The Labute approximate surface area is 81.7 Å². The minimum absolute atomic E-state index is 0.211. The first-order valence-electron chi connectivity index (χ1n) is 4.19. The van der Waals surface area contributed by atoms with Crippen LogP contribution in [0.5, 0.6) is 5.88 Å². The van der Waals surface area contributed by atoms with Crippen LogP contribution in [0.15, 0.2) is 0 Å². The highest BCUT2D eigenvalue weighted by Gasteiger charge is 2.17. The van der Waals surface area contributed by atoms with Crippen molar-refractivity contribution in [3.05, 3.63) is 11.3 Å². The predicted molar refractivity (Wildman–Crippen MR) is 49.3 cm³/mol. The molecule has 5 nitrogen and oxygen atoms in total. The predicted octanol–water partition coefficient (Wildman–Crippen LogP) is 1.09. The van der Waals surface area contributed by atoms with Gasteiger partial charge in [0.1, 0.15) is 0 Å². The molecule has 1 aromatic heterocycles. The molecule has 0 aromatic carbocycles. The molecule has 76 valence electrons. The maximum absolute atomic E-state index is 11.1. The first kappa shape index (κ1) is 10.4. The first-order valence-corrected chi connectivity index (χ1v) is 4.19. The summed E-state index contributed by atoms with van der Waals surface area (Å²) in [6.45, 7) is 6.15. The molecule has 0 atom stereocenters. The van der Waals surface area contributed by atoms with Gasteiger partial charge < -0.3 is 4.74 Å². The molecule has 1 heterocycles. The molecule has 0 spiro atoms. The molecule has 0 saturated heterocycles. The fourth-order valence-electron chi connectivity index (χ4n) is 1.05. The van der Waals surface area contributed by atoms with E-state index in [1.54, 1.807) is 13.8 Å². The van der Waals surface area contributed by atoms with E-state index in [1.165, 1.54) is 13.8 Å². The van der Waals surface area contributed by atoms with Crippen molar-refractivity contribution < 1.29 is 14.3 Å². The third-order valence-electron chi connectivity index (χ3n) is 1.84. The summed E-state index contributed by atoms with van der Waals surface area (Å²) >= 11 is 0. The average Bonchev–Trinajstić information content (AvgIpc) is 2.32. The lowest BCUT2D eigenvalue weighted by Gasteiger charge is -2.02. The normalized spacial score (nSPS) is 10.0. The van der Waals surface area contributed by atoms with Crippen LogP contribution in [-0.2, 0) is 4.79 Å². The molecule has 14 heavy (non-hydrogen) atoms. The number of carbonyl (C=O) groups excluding carboxylic acids is 2. The van der Waals surface area contributed by atoms with Crippen molar-refractivity contribution in [3.63, 3.8) is 0 Å². The molecule has 0 bridgehead atoms. The van der Waals surface area contributed by atoms with Gasteiger partial charge in [-0.3, -0.25) is 9.59 Å². The van der Waals surface area contributed by atoms with Crippen molar-refractivity contribution in [2.75, 3.05) is 0 Å². The Morgan fingerprint density at radius 2 is 1.86 bits per heavy atom. The summed E-state index contributed by atoms with van der Waals surface area (Å²) in [5, 5.41) is 3.95. The first-order chi connectivity index (χ1) is 6.43. The van der Waals surface area contributed by atoms with Crippen molar-refractivity contribution in [2.45, 2.75) is 27.7 Å². The molecule has 0 unspecified atom stereocenters. The fourth-order valence-corrected chi connectivity index (χ4v) is 1.05. The van der Waals surface area contributed by atoms with Crippen LogP contribution in [0.4, 0.5) is 0 Å². The van der Waals surface area contributed by atoms with Gasteiger partial charge in [0.05, 0.1) is 5.69 Å². The molecule has 0 aliphatic rings. The van der Waals surface area contributed by atoms with E-state index < -0.39 is 5.97 Å². The zero-order valence-corrected chi connectivity index (χ0v) is 8.62. The Hall–Kier alpha value is -1.65. The summed E-state index contributed by atoms with van der Waals surface area (Å²) in [4.78, 5) is 21.9. The Balaban J connectivity index is 3.23. The molecule has 1 rings (SSSR count). The molecule has 0 fully saturated rings. The Morgan fingerprint density at radius 1 is 1.29 bits per heavy atom. The Kier molecular flexibility index (Phi) is 2.69. The summed E-state index contributed by atoms with van der Waals surface area (Å²) in [6, 6.07) is 0.